The minimum Gasteiger partial charge on any atom is -0.545 e. The number of ether oxygens (including phenoxy) is 4. The van der Waals surface area contributed by atoms with E-state index in [1.165, 1.54) is 70.6 Å². The summed E-state index contributed by atoms with van der Waals surface area (Å²) in [6.45, 7) is 4.58. The molecule has 0 aliphatic rings. The van der Waals surface area contributed by atoms with Crippen LogP contribution in [0.3, 0.4) is 0 Å². The lowest BCUT2D eigenvalue weighted by molar-refractivity contribution is -0.870. The molecule has 9 nitrogen and oxygen atoms in total. The van der Waals surface area contributed by atoms with Gasteiger partial charge in [-0.25, -0.2) is 0 Å². The molecule has 0 radical (unpaired) electrons. The van der Waals surface area contributed by atoms with Crippen molar-refractivity contribution in [2.45, 2.75) is 251 Å². The topological polar surface area (TPSA) is 111 Å². The van der Waals surface area contributed by atoms with E-state index in [0.717, 1.165) is 135 Å². The predicted molar refractivity (Wildman–Crippen MR) is 356 cm³/mol. The number of quaternary nitrogens is 1. The first-order valence-corrected chi connectivity index (χ1v) is 33.1. The molecule has 0 saturated carbocycles. The van der Waals surface area contributed by atoms with Crippen LogP contribution in [0.4, 0.5) is 0 Å². The number of hydrogen-bond acceptors (Lipinski definition) is 8. The van der Waals surface area contributed by atoms with Crippen molar-refractivity contribution in [2.75, 3.05) is 47.5 Å². The molecule has 0 saturated heterocycles. The Morgan fingerprint density at radius 2 is 0.679 bits per heavy atom. The molecule has 2 unspecified atom stereocenters. The molecule has 0 amide bonds. The maximum absolute atomic E-state index is 12.9. The second-order valence-electron chi connectivity index (χ2n) is 22.7. The Morgan fingerprint density at radius 3 is 1.02 bits per heavy atom. The van der Waals surface area contributed by atoms with Crippen molar-refractivity contribution < 1.29 is 42.9 Å². The molecule has 0 heterocycles. The molecule has 0 aromatic carbocycles. The van der Waals surface area contributed by atoms with Crippen LogP contribution in [0, 0.1) is 0 Å². The third kappa shape index (κ3) is 64.5. The fourth-order valence-electron chi connectivity index (χ4n) is 8.45. The number of rotatable bonds is 59. The molecule has 9 heteroatoms. The lowest BCUT2D eigenvalue weighted by atomic mass is 10.1. The number of unbranched alkanes of at least 4 members (excludes halogenated alkanes) is 18. The van der Waals surface area contributed by atoms with Gasteiger partial charge in [0.1, 0.15) is 13.2 Å². The number of esters is 2. The number of likely N-dealkylation sites (N-methyl/N-ethyl adjacent to an activating group) is 1. The van der Waals surface area contributed by atoms with E-state index in [1.54, 1.807) is 0 Å². The molecule has 0 spiro atoms. The van der Waals surface area contributed by atoms with Gasteiger partial charge in [-0.2, -0.15) is 0 Å². The van der Waals surface area contributed by atoms with E-state index in [0.29, 0.717) is 17.4 Å². The predicted octanol–water partition coefficient (Wildman–Crippen LogP) is 19.2. The van der Waals surface area contributed by atoms with Crippen LogP contribution in [-0.4, -0.2) is 82.3 Å². The fraction of sp³-hybridized carbons (Fsp3) is 0.613. The minimum absolute atomic E-state index is 0.134. The highest BCUT2D eigenvalue weighted by Crippen LogP contribution is 2.14. The normalized spacial score (nSPS) is 13.8. The number of carbonyl (C=O) groups is 3. The van der Waals surface area contributed by atoms with Crippen molar-refractivity contribution in [2.24, 2.45) is 0 Å². The van der Waals surface area contributed by atoms with Crippen LogP contribution in [0.1, 0.15) is 239 Å². The summed E-state index contributed by atoms with van der Waals surface area (Å²) in [5, 5.41) is 11.8. The average Bonchev–Trinajstić information content (AvgIpc) is 3.52. The number of aliphatic carboxylic acids is 1. The van der Waals surface area contributed by atoms with Crippen LogP contribution in [0.5, 0.6) is 0 Å². The van der Waals surface area contributed by atoms with Crippen molar-refractivity contribution in [3.8, 4) is 0 Å². The molecule has 0 fully saturated rings. The Labute approximate surface area is 514 Å². The zero-order valence-corrected chi connectivity index (χ0v) is 54.0. The highest BCUT2D eigenvalue weighted by molar-refractivity contribution is 5.70. The smallest absolute Gasteiger partial charge is 0.306 e. The van der Waals surface area contributed by atoms with Gasteiger partial charge in [0.05, 0.1) is 40.3 Å². The van der Waals surface area contributed by atoms with E-state index in [1.807, 2.05) is 21.1 Å². The van der Waals surface area contributed by atoms with Gasteiger partial charge in [-0.05, 0) is 128 Å². The number of carboxylic acid groups (broad SMARTS) is 1. The first kappa shape index (κ1) is 78.9. The Kier molecular flexibility index (Phi) is 60.0. The minimum atomic E-state index is -1.64. The van der Waals surface area contributed by atoms with Crippen molar-refractivity contribution in [1.29, 1.82) is 0 Å². The molecule has 0 aromatic rings. The van der Waals surface area contributed by atoms with E-state index < -0.39 is 24.3 Å². The lowest BCUT2D eigenvalue weighted by Gasteiger charge is -2.26. The van der Waals surface area contributed by atoms with Crippen molar-refractivity contribution in [3.05, 3.63) is 158 Å². The second-order valence-corrected chi connectivity index (χ2v) is 22.7. The van der Waals surface area contributed by atoms with Gasteiger partial charge in [0.2, 0.25) is 0 Å². The maximum atomic E-state index is 12.9. The van der Waals surface area contributed by atoms with Crippen LogP contribution in [0.15, 0.2) is 158 Å². The summed E-state index contributed by atoms with van der Waals surface area (Å²) in [5.41, 5.74) is 0. The Hall–Kier alpha value is -5.09. The second kappa shape index (κ2) is 63.9. The third-order valence-electron chi connectivity index (χ3n) is 13.5. The Bertz CT molecular complexity index is 1930. The summed E-state index contributed by atoms with van der Waals surface area (Å²) in [6.07, 6.45) is 91.7. The van der Waals surface area contributed by atoms with Crippen LogP contribution < -0.4 is 5.11 Å². The van der Waals surface area contributed by atoms with Gasteiger partial charge in [0.15, 0.2) is 12.4 Å². The van der Waals surface area contributed by atoms with Crippen LogP contribution in [-0.2, 0) is 33.3 Å². The first-order valence-electron chi connectivity index (χ1n) is 33.1. The summed E-state index contributed by atoms with van der Waals surface area (Å²) in [4.78, 5) is 37.4. The average molecular weight is 1160 g/mol. The molecule has 474 valence electrons. The van der Waals surface area contributed by atoms with E-state index in [4.69, 9.17) is 18.9 Å². The maximum Gasteiger partial charge on any atom is 0.306 e. The lowest BCUT2D eigenvalue weighted by Crippen LogP contribution is -2.44. The van der Waals surface area contributed by atoms with Crippen molar-refractivity contribution in [1.82, 2.24) is 0 Å². The standard InChI is InChI=1S/C75H121NO8/c1-6-8-10-12-14-16-18-20-22-24-26-27-28-29-30-31-32-33-34-35-36-37-38-39-40-41-42-43-44-45-46-47-48-50-52-54-56-58-60-62-64-66-73(78)84-71(70-83-75(74(79)80)81-68-67-76(3,4)5)69-82-72(77)65-63-61-59-57-55-53-51-49-25-23-21-19-17-15-13-11-9-7-2/h8,10,14,16,20,22-23,25-27,29-30,32-33,35-36,38-39,41-42,44-45,47-48,52,54,71,75H,6-7,9,11-13,15,17-19,21,24,28,31,34,37,40,43,46,49-51,53,55-70H2,1-5H3/b10-8-,16-14-,22-20-,25-23-,27-26-,30-29-,33-32-,36-35-,39-38-,42-41-,45-44-,48-47-,54-52-. The van der Waals surface area contributed by atoms with E-state index in [-0.39, 0.29) is 38.6 Å². The number of nitrogens with zero attached hydrogens (tertiary/aromatic N) is 1. The van der Waals surface area contributed by atoms with Gasteiger partial charge in [0, 0.05) is 12.8 Å². The molecule has 0 aliphatic heterocycles. The Morgan fingerprint density at radius 1 is 0.369 bits per heavy atom. The first-order chi connectivity index (χ1) is 41.1. The van der Waals surface area contributed by atoms with Crippen LogP contribution >= 0.6 is 0 Å². The molecule has 84 heavy (non-hydrogen) atoms. The van der Waals surface area contributed by atoms with E-state index in [9.17, 15) is 19.5 Å². The molecule has 2 atom stereocenters. The summed E-state index contributed by atoms with van der Waals surface area (Å²) in [5.74, 6) is -2.34. The van der Waals surface area contributed by atoms with Crippen LogP contribution in [0.2, 0.25) is 0 Å². The number of carboxylic acids is 1. The number of carbonyl (C=O) groups excluding carboxylic acids is 3. The molecular formula is C75H121NO8. The molecule has 0 bridgehead atoms. The fourth-order valence-corrected chi connectivity index (χ4v) is 8.45. The third-order valence-corrected chi connectivity index (χ3v) is 13.5. The molecular weight excluding hydrogens is 1040 g/mol. The van der Waals surface area contributed by atoms with Crippen LogP contribution in [0.25, 0.3) is 0 Å². The summed E-state index contributed by atoms with van der Waals surface area (Å²) in [7, 11) is 5.90. The SMILES string of the molecule is CC/C=C\C/C=C\C/C=C\C/C=C\C/C=C\C/C=C\C/C=C\C/C=C\C/C=C\C/C=C\C/C=C\C/C=C\CCCCCCC(=O)OC(COC(=O)CCCCCCCCC/C=C\CCCCCCCCC)COC(OCC[N+](C)(C)C)C(=O)[O-]. The zero-order chi connectivity index (χ0) is 61.2. The summed E-state index contributed by atoms with van der Waals surface area (Å²) >= 11 is 0. The highest BCUT2D eigenvalue weighted by atomic mass is 16.7. The number of hydrogen-bond donors (Lipinski definition) is 0. The van der Waals surface area contributed by atoms with Gasteiger partial charge < -0.3 is 33.3 Å². The largest absolute Gasteiger partial charge is 0.545 e. The van der Waals surface area contributed by atoms with Gasteiger partial charge in [-0.3, -0.25) is 9.59 Å². The monoisotopic (exact) mass is 1160 g/mol. The molecule has 0 aromatic heterocycles. The number of allylic oxidation sites excluding steroid dienone is 26. The van der Waals surface area contributed by atoms with Gasteiger partial charge in [-0.1, -0.05) is 255 Å². The highest BCUT2D eigenvalue weighted by Gasteiger charge is 2.22. The van der Waals surface area contributed by atoms with Gasteiger partial charge in [-0.15, -0.1) is 0 Å². The molecule has 0 rings (SSSR count). The summed E-state index contributed by atoms with van der Waals surface area (Å²) in [6, 6.07) is 0. The summed E-state index contributed by atoms with van der Waals surface area (Å²) < 4.78 is 22.7. The van der Waals surface area contributed by atoms with E-state index >= 15 is 0 Å². The van der Waals surface area contributed by atoms with Crippen molar-refractivity contribution in [3.63, 3.8) is 0 Å². The van der Waals surface area contributed by atoms with Crippen molar-refractivity contribution >= 4 is 17.9 Å². The van der Waals surface area contributed by atoms with Gasteiger partial charge >= 0.3 is 11.9 Å². The molecule has 0 aliphatic carbocycles. The molecule has 0 N–H and O–H groups in total. The Balaban J connectivity index is 4.25. The quantitative estimate of drug-likeness (QED) is 0.0195. The zero-order valence-electron chi connectivity index (χ0n) is 54.0. The van der Waals surface area contributed by atoms with E-state index in [2.05, 4.69) is 172 Å². The van der Waals surface area contributed by atoms with Gasteiger partial charge in [0.25, 0.3) is 0 Å².